The van der Waals surface area contributed by atoms with Crippen LogP contribution in [-0.2, 0) is 6.42 Å². The first kappa shape index (κ1) is 13.3. The molecule has 0 aliphatic carbocycles. The molecular weight excluding hydrogens is 256 g/mol. The van der Waals surface area contributed by atoms with Gasteiger partial charge in [-0.25, -0.2) is 0 Å². The van der Waals surface area contributed by atoms with Crippen LogP contribution in [0.25, 0.3) is 0 Å². The van der Waals surface area contributed by atoms with E-state index in [1.54, 1.807) is 0 Å². The Kier molecular flexibility index (Phi) is 3.88. The number of hydrogen-bond acceptors (Lipinski definition) is 2. The molecular formula is C19H18N2. The zero-order chi connectivity index (χ0) is 14.5. The number of nitrogen functional groups attached to an aromatic ring is 1. The van der Waals surface area contributed by atoms with Gasteiger partial charge in [0.1, 0.15) is 0 Å². The Balaban J connectivity index is 1.68. The lowest BCUT2D eigenvalue weighted by Gasteiger charge is -2.08. The molecule has 0 aliphatic rings. The highest BCUT2D eigenvalue weighted by Gasteiger charge is 1.98. The van der Waals surface area contributed by atoms with E-state index in [2.05, 4.69) is 53.8 Å². The Morgan fingerprint density at radius 2 is 1.14 bits per heavy atom. The van der Waals surface area contributed by atoms with Crippen LogP contribution < -0.4 is 11.1 Å². The summed E-state index contributed by atoms with van der Waals surface area (Å²) < 4.78 is 0. The Bertz CT molecular complexity index is 686. The van der Waals surface area contributed by atoms with E-state index < -0.39 is 0 Å². The van der Waals surface area contributed by atoms with Crippen molar-refractivity contribution in [1.82, 2.24) is 0 Å². The van der Waals surface area contributed by atoms with Gasteiger partial charge in [-0.1, -0.05) is 42.5 Å². The lowest BCUT2D eigenvalue weighted by molar-refractivity contribution is 1.19. The third kappa shape index (κ3) is 3.63. The maximum atomic E-state index is 5.70. The Labute approximate surface area is 125 Å². The minimum Gasteiger partial charge on any atom is -0.399 e. The fourth-order valence-electron chi connectivity index (χ4n) is 2.27. The number of para-hydroxylation sites is 1. The summed E-state index contributed by atoms with van der Waals surface area (Å²) in [6.07, 6.45) is 0.923. The van der Waals surface area contributed by atoms with Gasteiger partial charge in [0.25, 0.3) is 0 Å². The normalized spacial score (nSPS) is 10.3. The van der Waals surface area contributed by atoms with E-state index in [4.69, 9.17) is 5.73 Å². The van der Waals surface area contributed by atoms with E-state index in [-0.39, 0.29) is 0 Å². The van der Waals surface area contributed by atoms with Crippen LogP contribution in [0.15, 0.2) is 78.9 Å². The van der Waals surface area contributed by atoms with E-state index in [0.29, 0.717) is 0 Å². The van der Waals surface area contributed by atoms with Crippen molar-refractivity contribution in [1.29, 1.82) is 0 Å². The highest BCUT2D eigenvalue weighted by atomic mass is 14.9. The summed E-state index contributed by atoms with van der Waals surface area (Å²) in [5, 5.41) is 3.39. The molecule has 3 aromatic rings. The van der Waals surface area contributed by atoms with Gasteiger partial charge in [0, 0.05) is 17.1 Å². The molecule has 0 unspecified atom stereocenters. The van der Waals surface area contributed by atoms with Crippen LogP contribution in [0.5, 0.6) is 0 Å². The highest BCUT2D eigenvalue weighted by Crippen LogP contribution is 2.18. The molecule has 3 N–H and O–H groups in total. The monoisotopic (exact) mass is 274 g/mol. The number of benzene rings is 3. The summed E-state index contributed by atoms with van der Waals surface area (Å²) in [5.74, 6) is 0. The molecule has 0 aliphatic heterocycles. The lowest BCUT2D eigenvalue weighted by Crippen LogP contribution is -1.92. The van der Waals surface area contributed by atoms with Crippen molar-refractivity contribution < 1.29 is 0 Å². The van der Waals surface area contributed by atoms with Gasteiger partial charge in [0.05, 0.1) is 0 Å². The van der Waals surface area contributed by atoms with E-state index in [1.807, 2.05) is 30.3 Å². The van der Waals surface area contributed by atoms with Crippen molar-refractivity contribution >= 4 is 17.1 Å². The first-order chi connectivity index (χ1) is 10.3. The molecule has 0 fully saturated rings. The smallest absolute Gasteiger partial charge is 0.0384 e. The standard InChI is InChI=1S/C19H18N2/c20-17-10-6-15(7-11-17)14-16-8-12-19(13-9-16)21-18-4-2-1-3-5-18/h1-13,21H,14,20H2. The van der Waals surface area contributed by atoms with Crippen LogP contribution in [0.2, 0.25) is 0 Å². The fraction of sp³-hybridized carbons (Fsp3) is 0.0526. The quantitative estimate of drug-likeness (QED) is 0.682. The number of hydrogen-bond donors (Lipinski definition) is 2. The predicted molar refractivity (Wildman–Crippen MR) is 89.8 cm³/mol. The average molecular weight is 274 g/mol. The molecule has 0 spiro atoms. The van der Waals surface area contributed by atoms with Gasteiger partial charge in [-0.15, -0.1) is 0 Å². The Hall–Kier alpha value is -2.74. The third-order valence-electron chi connectivity index (χ3n) is 3.40. The largest absolute Gasteiger partial charge is 0.399 e. The van der Waals surface area contributed by atoms with Crippen LogP contribution in [0.4, 0.5) is 17.1 Å². The van der Waals surface area contributed by atoms with Gasteiger partial charge in [0.2, 0.25) is 0 Å². The number of rotatable bonds is 4. The summed E-state index contributed by atoms with van der Waals surface area (Å²) in [6, 6.07) is 26.8. The molecule has 0 bridgehead atoms. The summed E-state index contributed by atoms with van der Waals surface area (Å²) in [7, 11) is 0. The second-order valence-corrected chi connectivity index (χ2v) is 5.11. The number of anilines is 3. The van der Waals surface area contributed by atoms with E-state index in [0.717, 1.165) is 23.5 Å². The Morgan fingerprint density at radius 1 is 0.619 bits per heavy atom. The summed E-state index contributed by atoms with van der Waals surface area (Å²) in [6.45, 7) is 0. The van der Waals surface area contributed by atoms with Crippen molar-refractivity contribution in [2.24, 2.45) is 0 Å². The maximum absolute atomic E-state index is 5.70. The van der Waals surface area contributed by atoms with Gasteiger partial charge in [-0.2, -0.15) is 0 Å². The van der Waals surface area contributed by atoms with Gasteiger partial charge >= 0.3 is 0 Å². The van der Waals surface area contributed by atoms with Crippen molar-refractivity contribution in [3.05, 3.63) is 90.0 Å². The van der Waals surface area contributed by atoms with Gasteiger partial charge in [-0.05, 0) is 53.9 Å². The zero-order valence-electron chi connectivity index (χ0n) is 11.8. The molecule has 2 nitrogen and oxygen atoms in total. The molecule has 0 saturated carbocycles. The molecule has 0 amide bonds. The van der Waals surface area contributed by atoms with Crippen LogP contribution in [0.1, 0.15) is 11.1 Å². The van der Waals surface area contributed by atoms with Crippen molar-refractivity contribution in [3.8, 4) is 0 Å². The summed E-state index contributed by atoms with van der Waals surface area (Å²) in [4.78, 5) is 0. The second kappa shape index (κ2) is 6.14. The first-order valence-electron chi connectivity index (χ1n) is 7.05. The van der Waals surface area contributed by atoms with Gasteiger partial charge in [-0.3, -0.25) is 0 Å². The minimum absolute atomic E-state index is 0.807. The van der Waals surface area contributed by atoms with Crippen LogP contribution >= 0.6 is 0 Å². The molecule has 2 heteroatoms. The SMILES string of the molecule is Nc1ccc(Cc2ccc(Nc3ccccc3)cc2)cc1. The van der Waals surface area contributed by atoms with Crippen LogP contribution in [0.3, 0.4) is 0 Å². The minimum atomic E-state index is 0.807. The maximum Gasteiger partial charge on any atom is 0.0384 e. The van der Waals surface area contributed by atoms with Gasteiger partial charge < -0.3 is 11.1 Å². The molecule has 0 atom stereocenters. The molecule has 3 rings (SSSR count). The van der Waals surface area contributed by atoms with E-state index in [9.17, 15) is 0 Å². The van der Waals surface area contributed by atoms with Crippen molar-refractivity contribution in [3.63, 3.8) is 0 Å². The summed E-state index contributed by atoms with van der Waals surface area (Å²) in [5.41, 5.74) is 11.3. The molecule has 0 heterocycles. The van der Waals surface area contributed by atoms with E-state index in [1.165, 1.54) is 11.1 Å². The molecule has 104 valence electrons. The van der Waals surface area contributed by atoms with E-state index >= 15 is 0 Å². The third-order valence-corrected chi connectivity index (χ3v) is 3.40. The fourth-order valence-corrected chi connectivity index (χ4v) is 2.27. The lowest BCUT2D eigenvalue weighted by atomic mass is 10.0. The van der Waals surface area contributed by atoms with Crippen molar-refractivity contribution in [2.75, 3.05) is 11.1 Å². The van der Waals surface area contributed by atoms with Crippen LogP contribution in [-0.4, -0.2) is 0 Å². The zero-order valence-corrected chi connectivity index (χ0v) is 11.8. The topological polar surface area (TPSA) is 38.0 Å². The molecule has 0 saturated heterocycles. The number of nitrogens with two attached hydrogens (primary N) is 1. The van der Waals surface area contributed by atoms with Crippen molar-refractivity contribution in [2.45, 2.75) is 6.42 Å². The average Bonchev–Trinajstić information content (AvgIpc) is 2.53. The summed E-state index contributed by atoms with van der Waals surface area (Å²) >= 11 is 0. The predicted octanol–water partition coefficient (Wildman–Crippen LogP) is 4.60. The number of nitrogens with one attached hydrogen (secondary N) is 1. The molecule has 3 aromatic carbocycles. The molecule has 0 radical (unpaired) electrons. The molecule has 0 aromatic heterocycles. The second-order valence-electron chi connectivity index (χ2n) is 5.11. The van der Waals surface area contributed by atoms with Crippen LogP contribution in [0, 0.1) is 0 Å². The Morgan fingerprint density at radius 3 is 1.76 bits per heavy atom. The molecule has 21 heavy (non-hydrogen) atoms. The highest BCUT2D eigenvalue weighted by molar-refractivity contribution is 5.59. The first-order valence-corrected chi connectivity index (χ1v) is 7.05. The van der Waals surface area contributed by atoms with Gasteiger partial charge in [0.15, 0.2) is 0 Å².